The van der Waals surface area contributed by atoms with E-state index in [0.717, 1.165) is 30.6 Å². The maximum absolute atomic E-state index is 12.4. The molecule has 4 heteroatoms. The number of fused-ring (bicyclic) bond motifs is 1. The van der Waals surface area contributed by atoms with Gasteiger partial charge in [0.15, 0.2) is 0 Å². The molecule has 1 heterocycles. The van der Waals surface area contributed by atoms with E-state index in [4.69, 9.17) is 0 Å². The molecule has 0 bridgehead atoms. The van der Waals surface area contributed by atoms with Crippen LogP contribution < -0.4 is 10.6 Å². The fourth-order valence-electron chi connectivity index (χ4n) is 4.21. The molecule has 1 amide bonds. The quantitative estimate of drug-likeness (QED) is 0.833. The molecule has 3 fully saturated rings. The van der Waals surface area contributed by atoms with Crippen LogP contribution in [0.4, 0.5) is 0 Å². The summed E-state index contributed by atoms with van der Waals surface area (Å²) in [4.78, 5) is 12.4. The molecular weight excluding hydrogens is 256 g/mol. The van der Waals surface area contributed by atoms with Gasteiger partial charge in [-0.3, -0.25) is 4.79 Å². The molecule has 0 aromatic heterocycles. The van der Waals surface area contributed by atoms with Crippen LogP contribution in [0.15, 0.2) is 0 Å². The Morgan fingerprint density at radius 3 is 2.68 bits per heavy atom. The van der Waals surface area contributed by atoms with Crippen molar-refractivity contribution in [1.29, 1.82) is 0 Å². The maximum atomic E-state index is 12.4. The number of carbonyl (C=O) groups is 1. The van der Waals surface area contributed by atoms with Crippen LogP contribution in [0.5, 0.6) is 0 Å². The third kappa shape index (κ3) is 2.94. The average molecular weight is 282 g/mol. The van der Waals surface area contributed by atoms with Gasteiger partial charge < -0.3 is 10.6 Å². The molecule has 3 unspecified atom stereocenters. The average Bonchev–Trinajstić information content (AvgIpc) is 3.01. The zero-order valence-electron chi connectivity index (χ0n) is 11.9. The van der Waals surface area contributed by atoms with E-state index in [1.165, 1.54) is 32.1 Å². The van der Waals surface area contributed by atoms with Gasteiger partial charge in [0.05, 0.1) is 6.04 Å². The lowest BCUT2D eigenvalue weighted by atomic mass is 9.92. The Bertz CT molecular complexity index is 328. The van der Waals surface area contributed by atoms with Crippen LogP contribution in [0, 0.1) is 11.8 Å². The van der Waals surface area contributed by atoms with Gasteiger partial charge in [-0.05, 0) is 63.2 Å². The summed E-state index contributed by atoms with van der Waals surface area (Å²) in [6.07, 6.45) is 10.9. The highest BCUT2D eigenvalue weighted by Crippen LogP contribution is 2.38. The highest BCUT2D eigenvalue weighted by Gasteiger charge is 2.42. The minimum atomic E-state index is 0.103. The predicted molar refractivity (Wildman–Crippen MR) is 80.3 cm³/mol. The largest absolute Gasteiger partial charge is 0.352 e. The molecule has 1 aliphatic heterocycles. The van der Waals surface area contributed by atoms with Crippen molar-refractivity contribution in [3.05, 3.63) is 0 Å². The third-order valence-corrected chi connectivity index (χ3v) is 6.52. The number of hydrogen-bond acceptors (Lipinski definition) is 3. The molecule has 108 valence electrons. The Hall–Kier alpha value is -0.220. The van der Waals surface area contributed by atoms with E-state index in [0.29, 0.717) is 12.0 Å². The van der Waals surface area contributed by atoms with Crippen LogP contribution >= 0.6 is 11.8 Å². The first-order valence-corrected chi connectivity index (χ1v) is 9.13. The van der Waals surface area contributed by atoms with E-state index in [1.54, 1.807) is 0 Å². The summed E-state index contributed by atoms with van der Waals surface area (Å²) in [6, 6.07) is 0.531. The molecule has 3 aliphatic rings. The normalized spacial score (nSPS) is 42.1. The van der Waals surface area contributed by atoms with Crippen molar-refractivity contribution in [3.63, 3.8) is 0 Å². The second-order valence-corrected chi connectivity index (χ2v) is 7.60. The first-order valence-electron chi connectivity index (χ1n) is 7.84. The minimum Gasteiger partial charge on any atom is -0.352 e. The van der Waals surface area contributed by atoms with Crippen LogP contribution in [0.2, 0.25) is 0 Å². The summed E-state index contributed by atoms with van der Waals surface area (Å²) in [7, 11) is 0. The summed E-state index contributed by atoms with van der Waals surface area (Å²) in [5.74, 6) is 1.66. The first kappa shape index (κ1) is 13.7. The van der Waals surface area contributed by atoms with Gasteiger partial charge in [0.25, 0.3) is 0 Å². The van der Waals surface area contributed by atoms with E-state index in [1.807, 2.05) is 11.8 Å². The Morgan fingerprint density at radius 1 is 1.16 bits per heavy atom. The van der Waals surface area contributed by atoms with Gasteiger partial charge in [0.2, 0.25) is 5.91 Å². The molecule has 3 rings (SSSR count). The van der Waals surface area contributed by atoms with Crippen molar-refractivity contribution < 1.29 is 4.79 Å². The number of rotatable bonds is 3. The van der Waals surface area contributed by atoms with Crippen molar-refractivity contribution in [2.45, 2.75) is 62.3 Å². The molecule has 0 radical (unpaired) electrons. The predicted octanol–water partition coefficient (Wildman–Crippen LogP) is 2.16. The lowest BCUT2D eigenvalue weighted by Crippen LogP contribution is -2.48. The van der Waals surface area contributed by atoms with Gasteiger partial charge in [-0.25, -0.2) is 0 Å². The third-order valence-electron chi connectivity index (χ3n) is 5.38. The molecule has 0 aromatic carbocycles. The Labute approximate surface area is 120 Å². The zero-order chi connectivity index (χ0) is 13.2. The van der Waals surface area contributed by atoms with E-state index >= 15 is 0 Å². The second-order valence-electron chi connectivity index (χ2n) is 6.46. The van der Waals surface area contributed by atoms with Crippen molar-refractivity contribution >= 4 is 17.7 Å². The Morgan fingerprint density at radius 2 is 1.95 bits per heavy atom. The van der Waals surface area contributed by atoms with Crippen LogP contribution in [-0.4, -0.2) is 36.0 Å². The van der Waals surface area contributed by atoms with Crippen molar-refractivity contribution in [3.8, 4) is 0 Å². The van der Waals surface area contributed by atoms with Crippen molar-refractivity contribution in [1.82, 2.24) is 10.6 Å². The molecule has 1 saturated heterocycles. The van der Waals surface area contributed by atoms with E-state index in [9.17, 15) is 4.79 Å². The van der Waals surface area contributed by atoms with E-state index in [2.05, 4.69) is 16.9 Å². The molecule has 2 aliphatic carbocycles. The molecule has 3 nitrogen and oxygen atoms in total. The number of amides is 1. The molecular formula is C15H26N2OS. The highest BCUT2D eigenvalue weighted by atomic mass is 32.2. The summed E-state index contributed by atoms with van der Waals surface area (Å²) in [5, 5.41) is 7.58. The van der Waals surface area contributed by atoms with E-state index < -0.39 is 0 Å². The molecule has 0 spiro atoms. The van der Waals surface area contributed by atoms with Crippen LogP contribution in [0.25, 0.3) is 0 Å². The molecule has 19 heavy (non-hydrogen) atoms. The van der Waals surface area contributed by atoms with Gasteiger partial charge in [-0.1, -0.05) is 6.42 Å². The molecule has 2 saturated carbocycles. The summed E-state index contributed by atoms with van der Waals surface area (Å²) in [6.45, 7) is 1.06. The summed E-state index contributed by atoms with van der Waals surface area (Å²) >= 11 is 1.98. The first-order chi connectivity index (χ1) is 9.28. The van der Waals surface area contributed by atoms with Gasteiger partial charge in [0.1, 0.15) is 0 Å². The standard InChI is InChI=1S/C15H26N2OS/c1-19-12-7-5-11(6-8-12)17-15(18)14-13-4-2-3-10(13)9-16-14/h10-14,16H,2-9H2,1H3,(H,17,18). The monoisotopic (exact) mass is 282 g/mol. The van der Waals surface area contributed by atoms with Gasteiger partial charge >= 0.3 is 0 Å². The van der Waals surface area contributed by atoms with Crippen LogP contribution in [0.1, 0.15) is 44.9 Å². The number of carbonyl (C=O) groups excluding carboxylic acids is 1. The topological polar surface area (TPSA) is 41.1 Å². The smallest absolute Gasteiger partial charge is 0.237 e. The SMILES string of the molecule is CSC1CCC(NC(=O)C2NCC3CCCC32)CC1. The Balaban J connectivity index is 1.49. The van der Waals surface area contributed by atoms with Crippen molar-refractivity contribution in [2.24, 2.45) is 11.8 Å². The summed E-state index contributed by atoms with van der Waals surface area (Å²) < 4.78 is 0. The Kier molecular flexibility index (Phi) is 4.37. The molecule has 2 N–H and O–H groups in total. The van der Waals surface area contributed by atoms with Gasteiger partial charge in [-0.15, -0.1) is 0 Å². The molecule has 3 atom stereocenters. The van der Waals surface area contributed by atoms with E-state index in [-0.39, 0.29) is 11.9 Å². The van der Waals surface area contributed by atoms with Gasteiger partial charge in [-0.2, -0.15) is 11.8 Å². The maximum Gasteiger partial charge on any atom is 0.237 e. The number of hydrogen-bond donors (Lipinski definition) is 2. The fourth-order valence-corrected chi connectivity index (χ4v) is 4.95. The fraction of sp³-hybridized carbons (Fsp3) is 0.933. The second kappa shape index (κ2) is 6.04. The minimum absolute atomic E-state index is 0.103. The summed E-state index contributed by atoms with van der Waals surface area (Å²) in [5.41, 5.74) is 0. The highest BCUT2D eigenvalue weighted by molar-refractivity contribution is 7.99. The number of thioether (sulfide) groups is 1. The van der Waals surface area contributed by atoms with Gasteiger partial charge in [0, 0.05) is 11.3 Å². The lowest BCUT2D eigenvalue weighted by Gasteiger charge is -2.29. The van der Waals surface area contributed by atoms with Crippen LogP contribution in [0.3, 0.4) is 0 Å². The number of nitrogens with one attached hydrogen (secondary N) is 2. The van der Waals surface area contributed by atoms with Crippen LogP contribution in [-0.2, 0) is 4.79 Å². The zero-order valence-corrected chi connectivity index (χ0v) is 12.7. The van der Waals surface area contributed by atoms with Crippen molar-refractivity contribution in [2.75, 3.05) is 12.8 Å². The molecule has 0 aromatic rings. The lowest BCUT2D eigenvalue weighted by molar-refractivity contribution is -0.124.